The van der Waals surface area contributed by atoms with Crippen molar-refractivity contribution in [3.63, 3.8) is 0 Å². The van der Waals surface area contributed by atoms with Gasteiger partial charge in [-0.15, -0.1) is 11.8 Å². The molecule has 0 aromatic heterocycles. The molecule has 0 aliphatic carbocycles. The maximum atomic E-state index is 12.1. The quantitative estimate of drug-likeness (QED) is 0.900. The van der Waals surface area contributed by atoms with Crippen LogP contribution < -0.4 is 5.32 Å². The smallest absolute Gasteiger partial charge is 0.290 e. The van der Waals surface area contributed by atoms with Crippen LogP contribution in [-0.2, 0) is 14.3 Å². The number of rotatable bonds is 2. The molecule has 0 unspecified atom stereocenters. The lowest BCUT2D eigenvalue weighted by atomic mass is 10.0. The van der Waals surface area contributed by atoms with Crippen LogP contribution in [0.15, 0.2) is 41.2 Å². The zero-order valence-electron chi connectivity index (χ0n) is 10.4. The Kier molecular flexibility index (Phi) is 3.64. The third-order valence-corrected chi connectivity index (χ3v) is 4.26. The van der Waals surface area contributed by atoms with Crippen LogP contribution in [0.3, 0.4) is 0 Å². The average molecular weight is 277 g/mol. The molecule has 100 valence electrons. The van der Waals surface area contributed by atoms with Gasteiger partial charge in [0.1, 0.15) is 19.5 Å². The maximum absolute atomic E-state index is 12.1. The van der Waals surface area contributed by atoms with Crippen molar-refractivity contribution in [2.24, 2.45) is 0 Å². The highest BCUT2D eigenvalue weighted by molar-refractivity contribution is 7.99. The highest BCUT2D eigenvalue weighted by atomic mass is 32.2. The molecule has 1 aromatic rings. The molecule has 0 bridgehead atoms. The van der Waals surface area contributed by atoms with Crippen LogP contribution in [0, 0.1) is 0 Å². The number of ether oxygens (including phenoxy) is 2. The summed E-state index contributed by atoms with van der Waals surface area (Å²) in [5.74, 6) is 1.08. The van der Waals surface area contributed by atoms with Gasteiger partial charge in [0, 0.05) is 10.6 Å². The van der Waals surface area contributed by atoms with Gasteiger partial charge in [-0.05, 0) is 18.1 Å². The largest absolute Gasteiger partial charge is 0.494 e. The molecule has 19 heavy (non-hydrogen) atoms. The van der Waals surface area contributed by atoms with E-state index in [-0.39, 0.29) is 17.7 Å². The van der Waals surface area contributed by atoms with Crippen molar-refractivity contribution in [2.75, 3.05) is 19.0 Å². The monoisotopic (exact) mass is 277 g/mol. The highest BCUT2D eigenvalue weighted by Gasteiger charge is 2.24. The topological polar surface area (TPSA) is 47.6 Å². The summed E-state index contributed by atoms with van der Waals surface area (Å²) in [5.41, 5.74) is 1.18. The van der Waals surface area contributed by atoms with Crippen LogP contribution in [0.2, 0.25) is 0 Å². The lowest BCUT2D eigenvalue weighted by molar-refractivity contribution is -0.123. The molecule has 2 aliphatic heterocycles. The van der Waals surface area contributed by atoms with Crippen molar-refractivity contribution in [3.8, 4) is 0 Å². The number of thioether (sulfide) groups is 1. The standard InChI is InChI=1S/C14H15NO3S/c16-14(12-9-17-6-7-18-12)15-11-5-8-19-13-4-2-1-3-10(11)13/h1-4,9,11H,5-8H2,(H,15,16)/t11-/m1/s1. The Bertz CT molecular complexity index is 515. The second-order valence-corrected chi connectivity index (χ2v) is 5.54. The fourth-order valence-electron chi connectivity index (χ4n) is 2.21. The van der Waals surface area contributed by atoms with Gasteiger partial charge < -0.3 is 14.8 Å². The SMILES string of the molecule is O=C(N[C@@H]1CCSc2ccccc21)C1=COCCO1. The van der Waals surface area contributed by atoms with Gasteiger partial charge in [0.15, 0.2) is 0 Å². The summed E-state index contributed by atoms with van der Waals surface area (Å²) in [4.78, 5) is 13.3. The molecule has 0 spiro atoms. The van der Waals surface area contributed by atoms with Gasteiger partial charge in [-0.3, -0.25) is 4.79 Å². The Balaban J connectivity index is 1.74. The van der Waals surface area contributed by atoms with E-state index in [0.29, 0.717) is 13.2 Å². The summed E-state index contributed by atoms with van der Waals surface area (Å²) in [7, 11) is 0. The molecule has 0 radical (unpaired) electrons. The molecule has 1 atom stereocenters. The average Bonchev–Trinajstić information content (AvgIpc) is 2.48. The van der Waals surface area contributed by atoms with Crippen LogP contribution in [0.5, 0.6) is 0 Å². The minimum Gasteiger partial charge on any atom is -0.494 e. The molecule has 4 nitrogen and oxygen atoms in total. The zero-order valence-corrected chi connectivity index (χ0v) is 11.2. The molecule has 1 aromatic carbocycles. The Hall–Kier alpha value is -1.62. The van der Waals surface area contributed by atoms with Crippen LogP contribution in [0.25, 0.3) is 0 Å². The van der Waals surface area contributed by atoms with Gasteiger partial charge >= 0.3 is 0 Å². The Labute approximate surface area is 116 Å². The maximum Gasteiger partial charge on any atom is 0.290 e. The van der Waals surface area contributed by atoms with Crippen molar-refractivity contribution < 1.29 is 14.3 Å². The van der Waals surface area contributed by atoms with Crippen molar-refractivity contribution in [2.45, 2.75) is 17.4 Å². The van der Waals surface area contributed by atoms with Crippen molar-refractivity contribution in [1.29, 1.82) is 0 Å². The fourth-order valence-corrected chi connectivity index (χ4v) is 3.33. The second kappa shape index (κ2) is 5.57. The van der Waals surface area contributed by atoms with E-state index in [1.165, 1.54) is 16.7 Å². The number of carbonyl (C=O) groups excluding carboxylic acids is 1. The molecule has 3 rings (SSSR count). The summed E-state index contributed by atoms with van der Waals surface area (Å²) < 4.78 is 10.4. The van der Waals surface area contributed by atoms with Crippen LogP contribution in [-0.4, -0.2) is 24.9 Å². The first-order valence-electron chi connectivity index (χ1n) is 6.32. The normalized spacial score (nSPS) is 21.5. The second-order valence-electron chi connectivity index (χ2n) is 4.40. The lowest BCUT2D eigenvalue weighted by Crippen LogP contribution is -2.33. The predicted molar refractivity (Wildman–Crippen MR) is 72.7 cm³/mol. The summed E-state index contributed by atoms with van der Waals surface area (Å²) >= 11 is 1.83. The first-order chi connectivity index (χ1) is 9.34. The van der Waals surface area contributed by atoms with Crippen molar-refractivity contribution in [1.82, 2.24) is 5.32 Å². The number of hydrogen-bond acceptors (Lipinski definition) is 4. The zero-order chi connectivity index (χ0) is 13.1. The van der Waals surface area contributed by atoms with E-state index in [2.05, 4.69) is 17.4 Å². The minimum absolute atomic E-state index is 0.0522. The number of hydrogen-bond donors (Lipinski definition) is 1. The highest BCUT2D eigenvalue weighted by Crippen LogP contribution is 2.35. The molecule has 5 heteroatoms. The van der Waals surface area contributed by atoms with Crippen molar-refractivity contribution in [3.05, 3.63) is 41.9 Å². The van der Waals surface area contributed by atoms with Crippen molar-refractivity contribution >= 4 is 17.7 Å². The predicted octanol–water partition coefficient (Wildman–Crippen LogP) is 2.23. The number of amides is 1. The van der Waals surface area contributed by atoms with Gasteiger partial charge in [-0.1, -0.05) is 18.2 Å². The Morgan fingerprint density at radius 3 is 3.05 bits per heavy atom. The van der Waals surface area contributed by atoms with E-state index < -0.39 is 0 Å². The third kappa shape index (κ3) is 2.71. The van der Waals surface area contributed by atoms with Crippen LogP contribution in [0.1, 0.15) is 18.0 Å². The first kappa shape index (κ1) is 12.4. The number of benzene rings is 1. The molecule has 1 amide bonds. The summed E-state index contributed by atoms with van der Waals surface area (Å²) in [6, 6.07) is 8.24. The Morgan fingerprint density at radius 1 is 1.32 bits per heavy atom. The summed E-state index contributed by atoms with van der Waals surface area (Å²) in [5, 5.41) is 3.02. The number of nitrogens with one attached hydrogen (secondary N) is 1. The molecule has 0 saturated carbocycles. The van der Waals surface area contributed by atoms with E-state index in [9.17, 15) is 4.79 Å². The van der Waals surface area contributed by atoms with Gasteiger partial charge in [0.2, 0.25) is 5.76 Å². The Morgan fingerprint density at radius 2 is 2.21 bits per heavy atom. The number of carbonyl (C=O) groups is 1. The van der Waals surface area contributed by atoms with Gasteiger partial charge in [-0.2, -0.15) is 0 Å². The fraction of sp³-hybridized carbons (Fsp3) is 0.357. The molecule has 2 heterocycles. The van der Waals surface area contributed by atoms with E-state index in [4.69, 9.17) is 9.47 Å². The molecular formula is C14H15NO3S. The van der Waals surface area contributed by atoms with E-state index in [0.717, 1.165) is 12.2 Å². The van der Waals surface area contributed by atoms with Gasteiger partial charge in [0.05, 0.1) is 6.04 Å². The third-order valence-electron chi connectivity index (χ3n) is 3.14. The molecule has 0 fully saturated rings. The number of fused-ring (bicyclic) bond motifs is 1. The van der Waals surface area contributed by atoms with E-state index in [1.807, 2.05) is 23.9 Å². The van der Waals surface area contributed by atoms with Gasteiger partial charge in [-0.25, -0.2) is 0 Å². The first-order valence-corrected chi connectivity index (χ1v) is 7.30. The molecule has 1 N–H and O–H groups in total. The van der Waals surface area contributed by atoms with Gasteiger partial charge in [0.25, 0.3) is 5.91 Å². The van der Waals surface area contributed by atoms with E-state index in [1.54, 1.807) is 0 Å². The van der Waals surface area contributed by atoms with Crippen LogP contribution in [0.4, 0.5) is 0 Å². The van der Waals surface area contributed by atoms with E-state index >= 15 is 0 Å². The molecule has 2 aliphatic rings. The minimum atomic E-state index is -0.202. The molecular weight excluding hydrogens is 262 g/mol. The summed E-state index contributed by atoms with van der Waals surface area (Å²) in [6.45, 7) is 0.927. The molecule has 0 saturated heterocycles. The van der Waals surface area contributed by atoms with Crippen LogP contribution >= 0.6 is 11.8 Å². The lowest BCUT2D eigenvalue weighted by Gasteiger charge is -2.26. The summed E-state index contributed by atoms with van der Waals surface area (Å²) in [6.07, 6.45) is 2.32.